The molecule has 2 unspecified atom stereocenters. The Morgan fingerprint density at radius 2 is 2.17 bits per heavy atom. The maximum Gasteiger partial charge on any atom is 0.117 e. The highest BCUT2D eigenvalue weighted by Gasteiger charge is 2.31. The van der Waals surface area contributed by atoms with Crippen LogP contribution in [0.4, 0.5) is 0 Å². The molecular formula is C18H22N6. The largest absolute Gasteiger partial charge is 0.350 e. The lowest BCUT2D eigenvalue weighted by atomic mass is 9.83. The molecule has 2 aliphatic heterocycles. The molecular weight excluding hydrogens is 300 g/mol. The van der Waals surface area contributed by atoms with Crippen LogP contribution in [0.25, 0.3) is 0 Å². The second-order valence-electron chi connectivity index (χ2n) is 6.88. The van der Waals surface area contributed by atoms with Crippen LogP contribution in [0.15, 0.2) is 34.7 Å². The van der Waals surface area contributed by atoms with Gasteiger partial charge in [0.2, 0.25) is 0 Å². The first-order valence-corrected chi connectivity index (χ1v) is 8.78. The Balaban J connectivity index is 1.41. The summed E-state index contributed by atoms with van der Waals surface area (Å²) >= 11 is 0. The quantitative estimate of drug-likeness (QED) is 0.925. The first kappa shape index (κ1) is 15.1. The van der Waals surface area contributed by atoms with Crippen molar-refractivity contribution in [3.63, 3.8) is 0 Å². The maximum atomic E-state index is 8.73. The minimum absolute atomic E-state index is 0.0736. The number of amidine groups is 1. The van der Waals surface area contributed by atoms with Gasteiger partial charge in [-0.3, -0.25) is 9.67 Å². The molecule has 2 atom stereocenters. The molecule has 3 heterocycles. The van der Waals surface area contributed by atoms with Crippen LogP contribution in [0.1, 0.15) is 56.2 Å². The van der Waals surface area contributed by atoms with Gasteiger partial charge in [-0.1, -0.05) is 6.08 Å². The standard InChI is InChI=1S/C18H22N6/c19-8-1-2-13-3-5-15(6-4-13)24-11-14(10-23-24)17-16-7-9-20-18(16)22-12-21-17/h7,9-13,15-17H,1-6H2,(H,20,21,22). The second kappa shape index (κ2) is 6.60. The molecule has 0 bridgehead atoms. The van der Waals surface area contributed by atoms with Crippen molar-refractivity contribution in [3.8, 4) is 6.07 Å². The molecule has 0 radical (unpaired) electrons. The Hall–Kier alpha value is -2.42. The fourth-order valence-electron chi connectivity index (χ4n) is 4.03. The maximum absolute atomic E-state index is 8.73. The van der Waals surface area contributed by atoms with Gasteiger partial charge in [0.25, 0.3) is 0 Å². The topological polar surface area (TPSA) is 78.4 Å². The van der Waals surface area contributed by atoms with Crippen molar-refractivity contribution in [3.05, 3.63) is 30.2 Å². The summed E-state index contributed by atoms with van der Waals surface area (Å²) in [6.07, 6.45) is 16.3. The molecule has 3 aliphatic rings. The summed E-state index contributed by atoms with van der Waals surface area (Å²) in [6.45, 7) is 0. The number of nitrogens with zero attached hydrogens (tertiary/aromatic N) is 5. The third-order valence-electron chi connectivity index (χ3n) is 5.43. The van der Waals surface area contributed by atoms with Gasteiger partial charge in [-0.2, -0.15) is 10.4 Å². The van der Waals surface area contributed by atoms with E-state index in [9.17, 15) is 0 Å². The number of aliphatic imine (C=N–C) groups is 2. The highest BCUT2D eigenvalue weighted by Crippen LogP contribution is 2.36. The Bertz CT molecular complexity index is 714. The number of rotatable bonds is 4. The molecule has 0 spiro atoms. The van der Waals surface area contributed by atoms with E-state index in [4.69, 9.17) is 5.26 Å². The smallest absolute Gasteiger partial charge is 0.117 e. The molecule has 124 valence electrons. The summed E-state index contributed by atoms with van der Waals surface area (Å²) in [4.78, 5) is 8.86. The van der Waals surface area contributed by atoms with Crippen LogP contribution in [0.3, 0.4) is 0 Å². The van der Waals surface area contributed by atoms with E-state index < -0.39 is 0 Å². The fourth-order valence-corrected chi connectivity index (χ4v) is 4.03. The van der Waals surface area contributed by atoms with Crippen molar-refractivity contribution in [2.45, 2.75) is 50.6 Å². The number of hydrogen-bond acceptors (Lipinski definition) is 5. The van der Waals surface area contributed by atoms with Crippen molar-refractivity contribution >= 4 is 12.2 Å². The normalized spacial score (nSPS) is 31.2. The molecule has 1 aliphatic carbocycles. The van der Waals surface area contributed by atoms with Crippen LogP contribution in [-0.2, 0) is 0 Å². The van der Waals surface area contributed by atoms with Gasteiger partial charge in [0.1, 0.15) is 12.2 Å². The predicted octanol–water partition coefficient (Wildman–Crippen LogP) is 3.13. The molecule has 24 heavy (non-hydrogen) atoms. The van der Waals surface area contributed by atoms with E-state index in [1.165, 1.54) is 12.8 Å². The highest BCUT2D eigenvalue weighted by molar-refractivity contribution is 5.96. The average molecular weight is 322 g/mol. The molecule has 1 fully saturated rings. The summed E-state index contributed by atoms with van der Waals surface area (Å²) in [5.41, 5.74) is 1.16. The van der Waals surface area contributed by atoms with E-state index >= 15 is 0 Å². The van der Waals surface area contributed by atoms with Gasteiger partial charge in [0.15, 0.2) is 0 Å². The van der Waals surface area contributed by atoms with Gasteiger partial charge in [0.05, 0.1) is 30.3 Å². The van der Waals surface area contributed by atoms with Crippen LogP contribution in [0.5, 0.6) is 0 Å². The number of nitriles is 1. The average Bonchev–Trinajstić information content (AvgIpc) is 3.29. The third-order valence-corrected chi connectivity index (χ3v) is 5.43. The van der Waals surface area contributed by atoms with Crippen LogP contribution in [-0.4, -0.2) is 22.0 Å². The lowest BCUT2D eigenvalue weighted by Crippen LogP contribution is -2.26. The molecule has 1 aromatic rings. The minimum Gasteiger partial charge on any atom is -0.350 e. The van der Waals surface area contributed by atoms with Crippen molar-refractivity contribution in [2.24, 2.45) is 21.8 Å². The van der Waals surface area contributed by atoms with Crippen LogP contribution < -0.4 is 5.32 Å². The molecule has 0 amide bonds. The van der Waals surface area contributed by atoms with E-state index in [0.717, 1.165) is 30.7 Å². The highest BCUT2D eigenvalue weighted by atomic mass is 15.3. The summed E-state index contributed by atoms with van der Waals surface area (Å²) < 4.78 is 2.13. The molecule has 1 aromatic heterocycles. The zero-order valence-electron chi connectivity index (χ0n) is 13.7. The van der Waals surface area contributed by atoms with E-state index in [2.05, 4.69) is 43.4 Å². The van der Waals surface area contributed by atoms with Gasteiger partial charge < -0.3 is 5.32 Å². The first-order chi connectivity index (χ1) is 11.8. The molecule has 1 N–H and O–H groups in total. The number of fused-ring (bicyclic) bond motifs is 1. The Labute approximate surface area is 142 Å². The van der Waals surface area contributed by atoms with Gasteiger partial charge in [-0.15, -0.1) is 0 Å². The van der Waals surface area contributed by atoms with E-state index in [-0.39, 0.29) is 12.0 Å². The van der Waals surface area contributed by atoms with Crippen molar-refractivity contribution in [1.29, 1.82) is 5.26 Å². The summed E-state index contributed by atoms with van der Waals surface area (Å²) in [5.74, 6) is 1.89. The van der Waals surface area contributed by atoms with Crippen LogP contribution in [0, 0.1) is 23.2 Å². The van der Waals surface area contributed by atoms with Crippen molar-refractivity contribution < 1.29 is 0 Å². The van der Waals surface area contributed by atoms with E-state index in [1.807, 2.05) is 12.4 Å². The van der Waals surface area contributed by atoms with E-state index in [0.29, 0.717) is 18.4 Å². The molecule has 4 rings (SSSR count). The lowest BCUT2D eigenvalue weighted by Gasteiger charge is -2.28. The lowest BCUT2D eigenvalue weighted by molar-refractivity contribution is 0.252. The SMILES string of the molecule is N#CCCC1CCC(n2cc(C3N=CN=C4NC=CC43)cn2)CC1. The monoisotopic (exact) mass is 322 g/mol. The third kappa shape index (κ3) is 2.86. The second-order valence-corrected chi connectivity index (χ2v) is 6.88. The van der Waals surface area contributed by atoms with Crippen LogP contribution in [0.2, 0.25) is 0 Å². The van der Waals surface area contributed by atoms with E-state index in [1.54, 1.807) is 6.34 Å². The molecule has 0 aromatic carbocycles. The molecule has 0 saturated heterocycles. The summed E-state index contributed by atoms with van der Waals surface area (Å²) in [5, 5.41) is 16.5. The van der Waals surface area contributed by atoms with Gasteiger partial charge >= 0.3 is 0 Å². The first-order valence-electron chi connectivity index (χ1n) is 8.78. The van der Waals surface area contributed by atoms with Crippen molar-refractivity contribution in [1.82, 2.24) is 15.1 Å². The number of hydrogen-bond donors (Lipinski definition) is 1. The van der Waals surface area contributed by atoms with Gasteiger partial charge in [-0.25, -0.2) is 4.99 Å². The number of aromatic nitrogens is 2. The Morgan fingerprint density at radius 1 is 1.29 bits per heavy atom. The zero-order valence-corrected chi connectivity index (χ0v) is 13.7. The molecule has 6 heteroatoms. The van der Waals surface area contributed by atoms with Crippen molar-refractivity contribution in [2.75, 3.05) is 0 Å². The Morgan fingerprint density at radius 3 is 3.00 bits per heavy atom. The molecule has 6 nitrogen and oxygen atoms in total. The summed E-state index contributed by atoms with van der Waals surface area (Å²) in [7, 11) is 0. The Kier molecular flexibility index (Phi) is 4.16. The number of nitrogens with one attached hydrogen (secondary N) is 1. The minimum atomic E-state index is 0.0736. The zero-order chi connectivity index (χ0) is 16.4. The predicted molar refractivity (Wildman–Crippen MR) is 92.5 cm³/mol. The summed E-state index contributed by atoms with van der Waals surface area (Å²) in [6, 6.07) is 2.82. The molecule has 1 saturated carbocycles. The van der Waals surface area contributed by atoms with Gasteiger partial charge in [0, 0.05) is 18.2 Å². The fraction of sp³-hybridized carbons (Fsp3) is 0.556. The van der Waals surface area contributed by atoms with Gasteiger partial charge in [-0.05, 0) is 44.2 Å². The van der Waals surface area contributed by atoms with Crippen LogP contribution >= 0.6 is 0 Å².